The maximum absolute atomic E-state index is 11.9. The molecular weight excluding hydrogens is 274 g/mol. The van der Waals surface area contributed by atoms with Gasteiger partial charge in [-0.05, 0) is 29.7 Å². The second kappa shape index (κ2) is 6.30. The fraction of sp³-hybridized carbons (Fsp3) is 0.333. The second-order valence-corrected chi connectivity index (χ2v) is 4.66. The summed E-state index contributed by atoms with van der Waals surface area (Å²) >= 11 is 0. The highest BCUT2D eigenvalue weighted by Gasteiger charge is 2.21. The molecule has 0 aromatic heterocycles. The van der Waals surface area contributed by atoms with Gasteiger partial charge in [0.1, 0.15) is 0 Å². The van der Waals surface area contributed by atoms with Gasteiger partial charge in [-0.1, -0.05) is 0 Å². The van der Waals surface area contributed by atoms with Gasteiger partial charge in [0, 0.05) is 25.2 Å². The molecule has 0 saturated heterocycles. The molecule has 0 atom stereocenters. The first-order chi connectivity index (χ1) is 10.0. The van der Waals surface area contributed by atoms with Crippen LogP contribution < -0.4 is 9.47 Å². The predicted molar refractivity (Wildman–Crippen MR) is 75.4 cm³/mol. The van der Waals surface area contributed by atoms with Gasteiger partial charge in [0.15, 0.2) is 11.5 Å². The number of carboxylic acid groups (broad SMARTS) is 1. The number of methoxy groups -OCH3 is 2. The molecule has 1 amide bonds. The maximum Gasteiger partial charge on any atom is 0.328 e. The van der Waals surface area contributed by atoms with Gasteiger partial charge in [-0.15, -0.1) is 0 Å². The molecule has 1 aromatic rings. The number of hydrogen-bond acceptors (Lipinski definition) is 4. The molecule has 1 aromatic carbocycles. The Morgan fingerprint density at radius 1 is 1.14 bits per heavy atom. The highest BCUT2D eigenvalue weighted by molar-refractivity contribution is 5.94. The van der Waals surface area contributed by atoms with E-state index in [4.69, 9.17) is 14.6 Å². The third-order valence-corrected chi connectivity index (χ3v) is 3.40. The van der Waals surface area contributed by atoms with Gasteiger partial charge in [0.25, 0.3) is 0 Å². The molecule has 0 aliphatic carbocycles. The molecule has 0 spiro atoms. The van der Waals surface area contributed by atoms with E-state index in [9.17, 15) is 9.59 Å². The molecular formula is C15H17NO5. The van der Waals surface area contributed by atoms with Gasteiger partial charge in [0.05, 0.1) is 14.2 Å². The first-order valence-electron chi connectivity index (χ1n) is 6.49. The van der Waals surface area contributed by atoms with Crippen molar-refractivity contribution in [2.24, 2.45) is 0 Å². The van der Waals surface area contributed by atoms with Gasteiger partial charge in [-0.25, -0.2) is 4.79 Å². The minimum atomic E-state index is -1.13. The van der Waals surface area contributed by atoms with E-state index in [1.807, 2.05) is 12.1 Å². The van der Waals surface area contributed by atoms with Crippen molar-refractivity contribution in [1.29, 1.82) is 0 Å². The topological polar surface area (TPSA) is 76.1 Å². The molecule has 112 valence electrons. The number of benzene rings is 1. The van der Waals surface area contributed by atoms with Crippen LogP contribution >= 0.6 is 0 Å². The highest BCUT2D eigenvalue weighted by atomic mass is 16.5. The number of aliphatic carboxylic acids is 1. The van der Waals surface area contributed by atoms with Crippen LogP contribution in [-0.2, 0) is 22.6 Å². The van der Waals surface area contributed by atoms with Crippen LogP contribution in [0.2, 0.25) is 0 Å². The molecule has 2 rings (SSSR count). The average Bonchev–Trinajstić information content (AvgIpc) is 2.50. The van der Waals surface area contributed by atoms with Gasteiger partial charge in [-0.2, -0.15) is 0 Å². The Bertz CT molecular complexity index is 594. The van der Waals surface area contributed by atoms with Crippen LogP contribution in [0.15, 0.2) is 24.3 Å². The quantitative estimate of drug-likeness (QED) is 0.844. The lowest BCUT2D eigenvalue weighted by molar-refractivity contribution is -0.132. The molecule has 6 nitrogen and oxygen atoms in total. The van der Waals surface area contributed by atoms with Crippen molar-refractivity contribution in [3.63, 3.8) is 0 Å². The Morgan fingerprint density at radius 3 is 2.33 bits per heavy atom. The minimum absolute atomic E-state index is 0.308. The first-order valence-corrected chi connectivity index (χ1v) is 6.49. The van der Waals surface area contributed by atoms with Crippen molar-refractivity contribution in [3.05, 3.63) is 35.4 Å². The summed E-state index contributed by atoms with van der Waals surface area (Å²) in [5, 5.41) is 8.56. The monoisotopic (exact) mass is 291 g/mol. The van der Waals surface area contributed by atoms with Crippen LogP contribution in [0.4, 0.5) is 0 Å². The zero-order chi connectivity index (χ0) is 15.4. The zero-order valence-corrected chi connectivity index (χ0v) is 12.0. The van der Waals surface area contributed by atoms with Gasteiger partial charge in [-0.3, -0.25) is 4.79 Å². The predicted octanol–water partition coefficient (Wildman–Crippen LogP) is 1.23. The third kappa shape index (κ3) is 3.34. The average molecular weight is 291 g/mol. The van der Waals surface area contributed by atoms with Gasteiger partial charge >= 0.3 is 5.97 Å². The lowest BCUT2D eigenvalue weighted by atomic mass is 9.98. The van der Waals surface area contributed by atoms with E-state index in [-0.39, 0.29) is 5.91 Å². The van der Waals surface area contributed by atoms with Crippen LogP contribution in [0.1, 0.15) is 11.1 Å². The summed E-state index contributed by atoms with van der Waals surface area (Å²) in [5.74, 6) is -0.154. The van der Waals surface area contributed by atoms with E-state index in [2.05, 4.69) is 0 Å². The number of carboxylic acids is 1. The van der Waals surface area contributed by atoms with E-state index in [0.717, 1.165) is 23.3 Å². The number of hydrogen-bond donors (Lipinski definition) is 1. The van der Waals surface area contributed by atoms with Crippen molar-refractivity contribution >= 4 is 11.9 Å². The van der Waals surface area contributed by atoms with E-state index < -0.39 is 5.97 Å². The van der Waals surface area contributed by atoms with Crippen LogP contribution in [0, 0.1) is 0 Å². The molecule has 0 unspecified atom stereocenters. The fourth-order valence-electron chi connectivity index (χ4n) is 2.32. The Labute approximate surface area is 122 Å². The molecule has 1 heterocycles. The summed E-state index contributed by atoms with van der Waals surface area (Å²) in [4.78, 5) is 24.0. The third-order valence-electron chi connectivity index (χ3n) is 3.40. The molecule has 0 saturated carbocycles. The van der Waals surface area contributed by atoms with E-state index >= 15 is 0 Å². The summed E-state index contributed by atoms with van der Waals surface area (Å²) in [6, 6.07) is 3.78. The lowest BCUT2D eigenvalue weighted by Gasteiger charge is -2.28. The zero-order valence-electron chi connectivity index (χ0n) is 12.0. The van der Waals surface area contributed by atoms with Crippen molar-refractivity contribution in [1.82, 2.24) is 4.90 Å². The van der Waals surface area contributed by atoms with E-state index in [1.165, 1.54) is 0 Å². The maximum atomic E-state index is 11.9. The number of rotatable bonds is 4. The van der Waals surface area contributed by atoms with E-state index in [1.54, 1.807) is 19.1 Å². The molecule has 0 radical (unpaired) electrons. The van der Waals surface area contributed by atoms with Crippen molar-refractivity contribution < 1.29 is 24.2 Å². The Morgan fingerprint density at radius 2 is 1.76 bits per heavy atom. The normalized spacial score (nSPS) is 13.9. The standard InChI is InChI=1S/C15H17NO5/c1-20-12-7-10-5-6-16(14(17)3-4-15(18)19)9-11(10)8-13(12)21-2/h3-4,7-8H,5-6,9H2,1-2H3,(H,18,19)/b4-3+. The van der Waals surface area contributed by atoms with E-state index in [0.29, 0.717) is 31.0 Å². The van der Waals surface area contributed by atoms with Crippen molar-refractivity contribution in [2.45, 2.75) is 13.0 Å². The Balaban J connectivity index is 2.20. The van der Waals surface area contributed by atoms with Crippen LogP contribution in [-0.4, -0.2) is 42.6 Å². The van der Waals surface area contributed by atoms with Gasteiger partial charge < -0.3 is 19.5 Å². The number of amides is 1. The Kier molecular flexibility index (Phi) is 4.47. The Hall–Kier alpha value is -2.50. The molecule has 1 aliphatic heterocycles. The second-order valence-electron chi connectivity index (χ2n) is 4.66. The SMILES string of the molecule is COc1cc2c(cc1OC)CN(C(=O)/C=C/C(=O)O)CC2. The largest absolute Gasteiger partial charge is 0.493 e. The van der Waals surface area contributed by atoms with Crippen LogP contribution in [0.25, 0.3) is 0 Å². The molecule has 6 heteroatoms. The lowest BCUT2D eigenvalue weighted by Crippen LogP contribution is -2.35. The molecule has 0 fully saturated rings. The number of nitrogens with zero attached hydrogens (tertiary/aromatic N) is 1. The molecule has 0 bridgehead atoms. The smallest absolute Gasteiger partial charge is 0.328 e. The summed E-state index contributed by atoms with van der Waals surface area (Å²) in [7, 11) is 3.14. The summed E-state index contributed by atoms with van der Waals surface area (Å²) in [5.41, 5.74) is 2.09. The summed E-state index contributed by atoms with van der Waals surface area (Å²) in [6.45, 7) is 0.976. The van der Waals surface area contributed by atoms with Crippen molar-refractivity contribution in [2.75, 3.05) is 20.8 Å². The van der Waals surface area contributed by atoms with Gasteiger partial charge in [0.2, 0.25) is 5.91 Å². The number of carbonyl (C=O) groups excluding carboxylic acids is 1. The first kappa shape index (κ1) is 14.9. The molecule has 1 N–H and O–H groups in total. The molecule has 1 aliphatic rings. The van der Waals surface area contributed by atoms with Crippen molar-refractivity contribution in [3.8, 4) is 11.5 Å². The summed E-state index contributed by atoms with van der Waals surface area (Å²) < 4.78 is 10.5. The summed E-state index contributed by atoms with van der Waals surface area (Å²) in [6.07, 6.45) is 2.63. The molecule has 21 heavy (non-hydrogen) atoms. The minimum Gasteiger partial charge on any atom is -0.493 e. The number of carbonyl (C=O) groups is 2. The van der Waals surface area contributed by atoms with Crippen LogP contribution in [0.3, 0.4) is 0 Å². The number of ether oxygens (including phenoxy) is 2. The van der Waals surface area contributed by atoms with Crippen LogP contribution in [0.5, 0.6) is 11.5 Å². The number of fused-ring (bicyclic) bond motifs is 1. The fourth-order valence-corrected chi connectivity index (χ4v) is 2.32. The highest BCUT2D eigenvalue weighted by Crippen LogP contribution is 2.33.